The van der Waals surface area contributed by atoms with Crippen LogP contribution in [0.3, 0.4) is 0 Å². The second kappa shape index (κ2) is 3.38. The SMILES string of the molecule is Cc1c2c3oc1c(CC1C4C[C@@]5(C)C(=O)OC1C5O4)c3C(=O)O2. The van der Waals surface area contributed by atoms with Crippen LogP contribution in [0.5, 0.6) is 5.75 Å². The summed E-state index contributed by atoms with van der Waals surface area (Å²) in [6.07, 6.45) is 0.932. The zero-order valence-corrected chi connectivity index (χ0v) is 12.7. The van der Waals surface area contributed by atoms with Crippen molar-refractivity contribution < 1.29 is 28.2 Å². The van der Waals surface area contributed by atoms with Crippen molar-refractivity contribution in [3.05, 3.63) is 16.7 Å². The zero-order chi connectivity index (χ0) is 15.7. The smallest absolute Gasteiger partial charge is 0.348 e. The number of carbonyl (C=O) groups excluding carboxylic acids is 2. The Morgan fingerprint density at radius 2 is 2.09 bits per heavy atom. The molecule has 0 amide bonds. The highest BCUT2D eigenvalue weighted by atomic mass is 16.6. The van der Waals surface area contributed by atoms with Gasteiger partial charge in [-0.25, -0.2) is 4.79 Å². The largest absolute Gasteiger partial charge is 0.459 e. The molecule has 0 radical (unpaired) electrons. The van der Waals surface area contributed by atoms with Gasteiger partial charge < -0.3 is 18.6 Å². The molecule has 5 atom stereocenters. The third-order valence-corrected chi connectivity index (χ3v) is 6.22. The molecule has 6 nitrogen and oxygen atoms in total. The molecule has 0 saturated carbocycles. The van der Waals surface area contributed by atoms with Crippen molar-refractivity contribution in [2.75, 3.05) is 0 Å². The predicted molar refractivity (Wildman–Crippen MR) is 75.6 cm³/mol. The van der Waals surface area contributed by atoms with Gasteiger partial charge in [-0.15, -0.1) is 0 Å². The highest BCUT2D eigenvalue weighted by molar-refractivity contribution is 6.11. The van der Waals surface area contributed by atoms with Crippen LogP contribution in [0.2, 0.25) is 0 Å². The lowest BCUT2D eigenvalue weighted by molar-refractivity contribution is -0.147. The fourth-order valence-corrected chi connectivity index (χ4v) is 5.02. The average Bonchev–Trinajstić information content (AvgIpc) is 3.25. The van der Waals surface area contributed by atoms with Crippen LogP contribution >= 0.6 is 0 Å². The van der Waals surface area contributed by atoms with E-state index in [-0.39, 0.29) is 36.2 Å². The monoisotopic (exact) mass is 314 g/mol. The summed E-state index contributed by atoms with van der Waals surface area (Å²) >= 11 is 0. The van der Waals surface area contributed by atoms with E-state index < -0.39 is 5.41 Å². The van der Waals surface area contributed by atoms with Gasteiger partial charge in [-0.2, -0.15) is 0 Å². The minimum Gasteiger partial charge on any atom is -0.459 e. The summed E-state index contributed by atoms with van der Waals surface area (Å²) in [5.74, 6) is 0.143. The second-order valence-electron chi connectivity index (χ2n) is 7.41. The third kappa shape index (κ3) is 1.14. The van der Waals surface area contributed by atoms with Crippen LogP contribution in [0.1, 0.15) is 34.8 Å². The average molecular weight is 314 g/mol. The number of benzene rings is 1. The lowest BCUT2D eigenvalue weighted by Gasteiger charge is -2.25. The summed E-state index contributed by atoms with van der Waals surface area (Å²) in [6.45, 7) is 3.83. The summed E-state index contributed by atoms with van der Waals surface area (Å²) in [6, 6.07) is 0. The van der Waals surface area contributed by atoms with Crippen molar-refractivity contribution in [3.63, 3.8) is 0 Å². The van der Waals surface area contributed by atoms with E-state index in [0.717, 1.165) is 16.7 Å². The summed E-state index contributed by atoms with van der Waals surface area (Å²) in [7, 11) is 0. The fourth-order valence-electron chi connectivity index (χ4n) is 5.02. The lowest BCUT2D eigenvalue weighted by Crippen LogP contribution is -2.39. The number of aryl methyl sites for hydroxylation is 1. The molecular formula is C17H14O6. The number of hydrogen-bond donors (Lipinski definition) is 0. The summed E-state index contributed by atoms with van der Waals surface area (Å²) < 4.78 is 22.7. The van der Waals surface area contributed by atoms with E-state index in [9.17, 15) is 9.59 Å². The molecule has 4 unspecified atom stereocenters. The third-order valence-electron chi connectivity index (χ3n) is 6.22. The molecule has 118 valence electrons. The normalized spacial score (nSPS) is 39.7. The first-order valence-electron chi connectivity index (χ1n) is 7.95. The Bertz CT molecular complexity index is 910. The standard InChI is InChI=1S/C17H14O6/c1-5-10-7(9-13(21-10)11(5)22-15(9)18)3-6-8-4-17(2)14(20-8)12(6)23-16(17)19/h6,8,12,14H,3-4H2,1-2H3/t6?,8?,12?,14?,17-/m1/s1. The van der Waals surface area contributed by atoms with Crippen molar-refractivity contribution >= 4 is 23.1 Å². The molecule has 6 rings (SSSR count). The minimum atomic E-state index is -0.494. The molecule has 4 aliphatic rings. The van der Waals surface area contributed by atoms with Crippen molar-refractivity contribution in [2.45, 2.75) is 45.0 Å². The van der Waals surface area contributed by atoms with Gasteiger partial charge in [0, 0.05) is 17.0 Å². The Morgan fingerprint density at radius 3 is 2.91 bits per heavy atom. The quantitative estimate of drug-likeness (QED) is 0.789. The van der Waals surface area contributed by atoms with E-state index >= 15 is 0 Å². The molecule has 0 aromatic carbocycles. The number of esters is 2. The zero-order valence-electron chi connectivity index (χ0n) is 12.7. The molecule has 3 fully saturated rings. The molecule has 0 spiro atoms. The van der Waals surface area contributed by atoms with Crippen molar-refractivity contribution in [2.24, 2.45) is 11.3 Å². The van der Waals surface area contributed by atoms with Crippen LogP contribution in [-0.4, -0.2) is 30.3 Å². The number of hydrogen-bond acceptors (Lipinski definition) is 6. The maximum atomic E-state index is 12.1. The number of ether oxygens (including phenoxy) is 3. The van der Waals surface area contributed by atoms with Crippen LogP contribution < -0.4 is 4.74 Å². The topological polar surface area (TPSA) is 75.0 Å². The Labute approximate surface area is 131 Å². The van der Waals surface area contributed by atoms with Gasteiger partial charge in [-0.3, -0.25) is 4.79 Å². The maximum Gasteiger partial charge on any atom is 0.348 e. The molecule has 2 aromatic rings. The van der Waals surface area contributed by atoms with Crippen molar-refractivity contribution in [1.82, 2.24) is 0 Å². The molecule has 3 saturated heterocycles. The van der Waals surface area contributed by atoms with Gasteiger partial charge in [0.05, 0.1) is 11.5 Å². The molecule has 6 heteroatoms. The van der Waals surface area contributed by atoms with Gasteiger partial charge in [0.25, 0.3) is 0 Å². The molecule has 23 heavy (non-hydrogen) atoms. The van der Waals surface area contributed by atoms with Crippen LogP contribution in [-0.2, 0) is 20.7 Å². The Hall–Kier alpha value is -2.08. The first kappa shape index (κ1) is 12.4. The van der Waals surface area contributed by atoms with E-state index in [1.165, 1.54) is 0 Å². The molecule has 4 aliphatic heterocycles. The highest BCUT2D eigenvalue weighted by Gasteiger charge is 2.69. The molecular weight excluding hydrogens is 300 g/mol. The van der Waals surface area contributed by atoms with E-state index in [1.54, 1.807) is 0 Å². The van der Waals surface area contributed by atoms with Crippen LogP contribution in [0.25, 0.3) is 11.2 Å². The van der Waals surface area contributed by atoms with Gasteiger partial charge >= 0.3 is 11.9 Å². The number of rotatable bonds is 2. The van der Waals surface area contributed by atoms with Crippen LogP contribution in [0.15, 0.2) is 4.42 Å². The van der Waals surface area contributed by atoms with Crippen LogP contribution in [0, 0.1) is 18.3 Å². The summed E-state index contributed by atoms with van der Waals surface area (Å²) in [5, 5.41) is 0. The van der Waals surface area contributed by atoms with Gasteiger partial charge in [-0.05, 0) is 26.7 Å². The molecule has 6 heterocycles. The lowest BCUT2D eigenvalue weighted by atomic mass is 9.71. The Kier molecular flexibility index (Phi) is 1.82. The number of furan rings is 2. The van der Waals surface area contributed by atoms with Gasteiger partial charge in [0.2, 0.25) is 0 Å². The molecule has 0 aliphatic carbocycles. The number of fused-ring (bicyclic) bond motifs is 2. The Morgan fingerprint density at radius 1 is 1.26 bits per heavy atom. The summed E-state index contributed by atoms with van der Waals surface area (Å²) in [5.41, 5.74) is 3.12. The first-order chi connectivity index (χ1) is 11.0. The highest BCUT2D eigenvalue weighted by Crippen LogP contribution is 2.58. The minimum absolute atomic E-state index is 0.000422. The Balaban J connectivity index is 1.43. The van der Waals surface area contributed by atoms with E-state index in [1.807, 2.05) is 13.8 Å². The summed E-state index contributed by atoms with van der Waals surface area (Å²) in [4.78, 5) is 24.2. The van der Waals surface area contributed by atoms with E-state index in [4.69, 9.17) is 18.6 Å². The van der Waals surface area contributed by atoms with Gasteiger partial charge in [-0.1, -0.05) is 0 Å². The van der Waals surface area contributed by atoms with E-state index in [0.29, 0.717) is 29.7 Å². The van der Waals surface area contributed by atoms with Gasteiger partial charge in [0.15, 0.2) is 11.3 Å². The van der Waals surface area contributed by atoms with E-state index in [2.05, 4.69) is 0 Å². The fraction of sp³-hybridized carbons (Fsp3) is 0.529. The molecule has 2 aromatic heterocycles. The predicted octanol–water partition coefficient (Wildman–Crippen LogP) is 1.97. The molecule has 4 bridgehead atoms. The maximum absolute atomic E-state index is 12.1. The van der Waals surface area contributed by atoms with Gasteiger partial charge in [0.1, 0.15) is 23.4 Å². The second-order valence-corrected chi connectivity index (χ2v) is 7.41. The molecule has 0 N–H and O–H groups in total. The van der Waals surface area contributed by atoms with Crippen LogP contribution in [0.4, 0.5) is 0 Å². The van der Waals surface area contributed by atoms with Crippen molar-refractivity contribution in [1.29, 1.82) is 0 Å². The first-order valence-corrected chi connectivity index (χ1v) is 7.95. The van der Waals surface area contributed by atoms with Crippen molar-refractivity contribution in [3.8, 4) is 5.75 Å². The number of carbonyl (C=O) groups is 2.